The highest BCUT2D eigenvalue weighted by atomic mass is 15.2. The molecule has 1 aliphatic rings. The van der Waals surface area contributed by atoms with Crippen LogP contribution in [0.3, 0.4) is 0 Å². The molecule has 0 aromatic carbocycles. The number of fused-ring (bicyclic) bond motifs is 1. The van der Waals surface area contributed by atoms with E-state index in [0.29, 0.717) is 5.92 Å². The van der Waals surface area contributed by atoms with E-state index in [4.69, 9.17) is 9.97 Å². The molecule has 4 aromatic heterocycles. The molecule has 0 aliphatic carbocycles. The molecule has 1 aliphatic heterocycles. The van der Waals surface area contributed by atoms with E-state index < -0.39 is 0 Å². The average Bonchev–Trinajstić information content (AvgIpc) is 3.09. The van der Waals surface area contributed by atoms with Gasteiger partial charge < -0.3 is 9.72 Å². The van der Waals surface area contributed by atoms with Crippen LogP contribution in [0.2, 0.25) is 0 Å². The van der Waals surface area contributed by atoms with Gasteiger partial charge in [-0.1, -0.05) is 12.1 Å². The van der Waals surface area contributed by atoms with E-state index in [1.807, 2.05) is 24.3 Å². The number of nitrogens with zero attached hydrogens (tertiary/aromatic N) is 5. The topological polar surface area (TPSA) is 58.4 Å². The molecular weight excluding hydrogens is 384 g/mol. The van der Waals surface area contributed by atoms with Gasteiger partial charge in [-0.15, -0.1) is 0 Å². The summed E-state index contributed by atoms with van der Waals surface area (Å²) in [6.07, 6.45) is 6.28. The molecule has 31 heavy (non-hydrogen) atoms. The number of aromatic nitrogens is 4. The van der Waals surface area contributed by atoms with Crippen LogP contribution < -0.4 is 5.32 Å². The van der Waals surface area contributed by atoms with Gasteiger partial charge in [-0.05, 0) is 75.2 Å². The number of hydrogen-bond donors (Lipinski definition) is 1. The Morgan fingerprint density at radius 2 is 1.94 bits per heavy atom. The van der Waals surface area contributed by atoms with E-state index in [1.54, 1.807) is 6.20 Å². The highest BCUT2D eigenvalue weighted by Gasteiger charge is 2.24. The summed E-state index contributed by atoms with van der Waals surface area (Å²) >= 11 is 0. The van der Waals surface area contributed by atoms with Crippen LogP contribution >= 0.6 is 0 Å². The molecule has 1 saturated heterocycles. The van der Waals surface area contributed by atoms with E-state index in [1.165, 1.54) is 24.1 Å². The Hall–Kier alpha value is -3.25. The van der Waals surface area contributed by atoms with Gasteiger partial charge in [-0.2, -0.15) is 0 Å². The van der Waals surface area contributed by atoms with Gasteiger partial charge in [0.1, 0.15) is 17.3 Å². The lowest BCUT2D eigenvalue weighted by molar-refractivity contribution is 0.195. The van der Waals surface area contributed by atoms with Crippen LogP contribution in [0.1, 0.15) is 41.4 Å². The third-order valence-electron chi connectivity index (χ3n) is 6.07. The first-order chi connectivity index (χ1) is 15.2. The Labute approximate surface area is 183 Å². The third-order valence-corrected chi connectivity index (χ3v) is 6.07. The number of rotatable bonds is 5. The molecule has 0 unspecified atom stereocenters. The number of nitrogens with one attached hydrogen (secondary N) is 1. The normalized spacial score (nSPS) is 17.2. The molecular formula is C25H28N6. The second kappa shape index (κ2) is 8.47. The Balaban J connectivity index is 1.32. The van der Waals surface area contributed by atoms with E-state index in [-0.39, 0.29) is 0 Å². The van der Waals surface area contributed by atoms with Crippen LogP contribution in [0.15, 0.2) is 60.9 Å². The maximum Gasteiger partial charge on any atom is 0.137 e. The second-order valence-corrected chi connectivity index (χ2v) is 8.44. The lowest BCUT2D eigenvalue weighted by Gasteiger charge is -2.32. The fourth-order valence-electron chi connectivity index (χ4n) is 4.47. The van der Waals surface area contributed by atoms with Crippen molar-refractivity contribution in [3.8, 4) is 0 Å². The predicted molar refractivity (Wildman–Crippen MR) is 124 cm³/mol. The van der Waals surface area contributed by atoms with Crippen molar-refractivity contribution in [2.75, 3.05) is 18.4 Å². The summed E-state index contributed by atoms with van der Waals surface area (Å²) in [5, 5.41) is 3.32. The summed E-state index contributed by atoms with van der Waals surface area (Å²) in [4.78, 5) is 16.6. The third kappa shape index (κ3) is 4.30. The fourth-order valence-corrected chi connectivity index (χ4v) is 4.47. The maximum absolute atomic E-state index is 4.91. The van der Waals surface area contributed by atoms with E-state index in [9.17, 15) is 0 Å². The summed E-state index contributed by atoms with van der Waals surface area (Å²) in [6, 6.07) is 16.4. The molecule has 0 amide bonds. The van der Waals surface area contributed by atoms with Gasteiger partial charge in [0, 0.05) is 37.1 Å². The van der Waals surface area contributed by atoms with Crippen molar-refractivity contribution in [3.05, 3.63) is 83.6 Å². The van der Waals surface area contributed by atoms with Crippen LogP contribution in [0.5, 0.6) is 0 Å². The highest BCUT2D eigenvalue weighted by Crippen LogP contribution is 2.28. The highest BCUT2D eigenvalue weighted by molar-refractivity contribution is 5.51. The van der Waals surface area contributed by atoms with Crippen molar-refractivity contribution in [2.45, 2.75) is 39.2 Å². The standard InChI is InChI=1S/C25H28N6/c1-18-11-14-31-22(19(2)27-25(31)15-18)17-30-13-6-7-20(16-30)21-8-5-10-24(28-21)29-23-9-3-4-12-26-23/h3-5,8-12,14-15,20H,6-7,13,16-17H2,1-2H3,(H,26,28,29)/t20-/m0/s1. The van der Waals surface area contributed by atoms with Crippen molar-refractivity contribution in [1.82, 2.24) is 24.3 Å². The number of hydrogen-bond acceptors (Lipinski definition) is 5. The number of aryl methyl sites for hydroxylation is 2. The number of pyridine rings is 3. The maximum atomic E-state index is 4.91. The quantitative estimate of drug-likeness (QED) is 0.507. The lowest BCUT2D eigenvalue weighted by Crippen LogP contribution is -2.34. The monoisotopic (exact) mass is 412 g/mol. The molecule has 6 nitrogen and oxygen atoms in total. The first-order valence-corrected chi connectivity index (χ1v) is 11.0. The summed E-state index contributed by atoms with van der Waals surface area (Å²) in [5.74, 6) is 2.10. The predicted octanol–water partition coefficient (Wildman–Crippen LogP) is 4.86. The first kappa shape index (κ1) is 19.7. The molecule has 0 radical (unpaired) electrons. The molecule has 5 rings (SSSR count). The fraction of sp³-hybridized carbons (Fsp3) is 0.320. The zero-order chi connectivity index (χ0) is 21.2. The Morgan fingerprint density at radius 1 is 1.03 bits per heavy atom. The van der Waals surface area contributed by atoms with Crippen LogP contribution in [-0.2, 0) is 6.54 Å². The number of piperidine rings is 1. The molecule has 1 fully saturated rings. The van der Waals surface area contributed by atoms with Crippen LogP contribution in [-0.4, -0.2) is 37.3 Å². The Bertz CT molecular complexity index is 1180. The molecule has 1 atom stereocenters. The molecule has 158 valence electrons. The summed E-state index contributed by atoms with van der Waals surface area (Å²) in [5.41, 5.74) is 5.83. The summed E-state index contributed by atoms with van der Waals surface area (Å²) < 4.78 is 2.24. The van der Waals surface area contributed by atoms with Crippen LogP contribution in [0.4, 0.5) is 11.6 Å². The molecule has 0 saturated carbocycles. The van der Waals surface area contributed by atoms with E-state index in [2.05, 4.69) is 63.9 Å². The summed E-state index contributed by atoms with van der Waals surface area (Å²) in [6.45, 7) is 7.27. The van der Waals surface area contributed by atoms with Gasteiger partial charge in [0.25, 0.3) is 0 Å². The van der Waals surface area contributed by atoms with Gasteiger partial charge in [0.2, 0.25) is 0 Å². The largest absolute Gasteiger partial charge is 0.325 e. The number of anilines is 2. The van der Waals surface area contributed by atoms with Crippen molar-refractivity contribution in [3.63, 3.8) is 0 Å². The van der Waals surface area contributed by atoms with Gasteiger partial charge >= 0.3 is 0 Å². The molecule has 5 heterocycles. The molecule has 1 N–H and O–H groups in total. The Morgan fingerprint density at radius 3 is 2.81 bits per heavy atom. The second-order valence-electron chi connectivity index (χ2n) is 8.44. The molecule has 0 spiro atoms. The zero-order valence-electron chi connectivity index (χ0n) is 18.1. The van der Waals surface area contributed by atoms with E-state index in [0.717, 1.165) is 48.3 Å². The van der Waals surface area contributed by atoms with Crippen LogP contribution in [0.25, 0.3) is 5.65 Å². The Kier molecular flexibility index (Phi) is 5.38. The van der Waals surface area contributed by atoms with E-state index >= 15 is 0 Å². The SMILES string of the molecule is Cc1ccn2c(CN3CCC[C@H](c4cccc(Nc5ccccn5)n4)C3)c(C)nc2c1. The minimum atomic E-state index is 0.431. The van der Waals surface area contributed by atoms with Crippen molar-refractivity contribution >= 4 is 17.3 Å². The minimum Gasteiger partial charge on any atom is -0.325 e. The van der Waals surface area contributed by atoms with Crippen molar-refractivity contribution in [1.29, 1.82) is 0 Å². The number of likely N-dealkylation sites (tertiary alicyclic amines) is 1. The molecule has 4 aromatic rings. The molecule has 6 heteroatoms. The lowest BCUT2D eigenvalue weighted by atomic mass is 9.94. The smallest absolute Gasteiger partial charge is 0.137 e. The average molecular weight is 413 g/mol. The van der Waals surface area contributed by atoms with Crippen molar-refractivity contribution < 1.29 is 0 Å². The molecule has 0 bridgehead atoms. The minimum absolute atomic E-state index is 0.431. The van der Waals surface area contributed by atoms with Crippen molar-refractivity contribution in [2.24, 2.45) is 0 Å². The zero-order valence-corrected chi connectivity index (χ0v) is 18.1. The van der Waals surface area contributed by atoms with Gasteiger partial charge in [-0.3, -0.25) is 4.90 Å². The van der Waals surface area contributed by atoms with Gasteiger partial charge in [-0.25, -0.2) is 15.0 Å². The first-order valence-electron chi connectivity index (χ1n) is 11.0. The van der Waals surface area contributed by atoms with Crippen LogP contribution in [0, 0.1) is 13.8 Å². The number of imidazole rings is 1. The van der Waals surface area contributed by atoms with Gasteiger partial charge in [0.05, 0.1) is 11.4 Å². The summed E-state index contributed by atoms with van der Waals surface area (Å²) in [7, 11) is 0. The van der Waals surface area contributed by atoms with Gasteiger partial charge in [0.15, 0.2) is 0 Å².